The SMILES string of the molecule is Cc1cc(OCCCCNC(C)C)n(C)n1. The van der Waals surface area contributed by atoms with Crippen LogP contribution in [0.2, 0.25) is 0 Å². The Hall–Kier alpha value is -1.03. The van der Waals surface area contributed by atoms with Crippen molar-refractivity contribution in [2.45, 2.75) is 39.7 Å². The first-order valence-electron chi connectivity index (χ1n) is 5.96. The van der Waals surface area contributed by atoms with Gasteiger partial charge in [0.15, 0.2) is 0 Å². The number of unbranched alkanes of at least 4 members (excludes halogenated alkanes) is 1. The van der Waals surface area contributed by atoms with Gasteiger partial charge < -0.3 is 10.1 Å². The summed E-state index contributed by atoms with van der Waals surface area (Å²) in [5.74, 6) is 0.856. The molecule has 0 saturated heterocycles. The van der Waals surface area contributed by atoms with Gasteiger partial charge >= 0.3 is 0 Å². The third-order valence-electron chi connectivity index (χ3n) is 2.33. The average Bonchev–Trinajstić information content (AvgIpc) is 2.50. The number of hydrogen-bond acceptors (Lipinski definition) is 3. The Morgan fingerprint density at radius 1 is 1.44 bits per heavy atom. The molecular weight excluding hydrogens is 202 g/mol. The van der Waals surface area contributed by atoms with Crippen LogP contribution >= 0.6 is 0 Å². The quantitative estimate of drug-likeness (QED) is 0.720. The average molecular weight is 225 g/mol. The fourth-order valence-corrected chi connectivity index (χ4v) is 1.52. The summed E-state index contributed by atoms with van der Waals surface area (Å²) in [5.41, 5.74) is 0.999. The van der Waals surface area contributed by atoms with Gasteiger partial charge in [0.25, 0.3) is 0 Å². The smallest absolute Gasteiger partial charge is 0.211 e. The maximum absolute atomic E-state index is 5.64. The van der Waals surface area contributed by atoms with Gasteiger partial charge in [-0.1, -0.05) is 13.8 Å². The zero-order valence-electron chi connectivity index (χ0n) is 10.8. The fourth-order valence-electron chi connectivity index (χ4n) is 1.52. The molecule has 0 aliphatic rings. The second-order valence-electron chi connectivity index (χ2n) is 4.41. The number of aromatic nitrogens is 2. The van der Waals surface area contributed by atoms with Crippen LogP contribution in [0.25, 0.3) is 0 Å². The molecule has 0 saturated carbocycles. The number of rotatable bonds is 7. The molecule has 0 bridgehead atoms. The van der Waals surface area contributed by atoms with Gasteiger partial charge in [0.2, 0.25) is 5.88 Å². The van der Waals surface area contributed by atoms with Crippen molar-refractivity contribution in [3.63, 3.8) is 0 Å². The van der Waals surface area contributed by atoms with E-state index < -0.39 is 0 Å². The molecule has 4 heteroatoms. The van der Waals surface area contributed by atoms with Gasteiger partial charge in [-0.3, -0.25) is 0 Å². The van der Waals surface area contributed by atoms with Crippen molar-refractivity contribution >= 4 is 0 Å². The van der Waals surface area contributed by atoms with Crippen molar-refractivity contribution in [1.82, 2.24) is 15.1 Å². The van der Waals surface area contributed by atoms with E-state index >= 15 is 0 Å². The Balaban J connectivity index is 2.09. The molecule has 0 amide bonds. The Morgan fingerprint density at radius 2 is 2.19 bits per heavy atom. The molecule has 4 nitrogen and oxygen atoms in total. The molecule has 0 aliphatic heterocycles. The molecule has 0 radical (unpaired) electrons. The van der Waals surface area contributed by atoms with Crippen LogP contribution in [-0.4, -0.2) is 29.0 Å². The molecule has 16 heavy (non-hydrogen) atoms. The first-order chi connectivity index (χ1) is 7.59. The van der Waals surface area contributed by atoms with E-state index in [-0.39, 0.29) is 0 Å². The van der Waals surface area contributed by atoms with Crippen LogP contribution in [0, 0.1) is 6.92 Å². The van der Waals surface area contributed by atoms with Crippen molar-refractivity contribution in [1.29, 1.82) is 0 Å². The summed E-state index contributed by atoms with van der Waals surface area (Å²) in [6.45, 7) is 8.12. The number of nitrogens with one attached hydrogen (secondary N) is 1. The Kier molecular flexibility index (Phi) is 5.32. The zero-order chi connectivity index (χ0) is 12.0. The number of nitrogens with zero attached hydrogens (tertiary/aromatic N) is 2. The van der Waals surface area contributed by atoms with Crippen LogP contribution in [0.3, 0.4) is 0 Å². The van der Waals surface area contributed by atoms with Gasteiger partial charge in [0.05, 0.1) is 12.3 Å². The van der Waals surface area contributed by atoms with E-state index in [4.69, 9.17) is 4.74 Å². The standard InChI is InChI=1S/C12H23N3O/c1-10(2)13-7-5-6-8-16-12-9-11(3)14-15(12)4/h9-10,13H,5-8H2,1-4H3. The number of hydrogen-bond donors (Lipinski definition) is 1. The summed E-state index contributed by atoms with van der Waals surface area (Å²) in [6, 6.07) is 2.53. The molecule has 1 rings (SSSR count). The van der Waals surface area contributed by atoms with Crippen LogP contribution in [0.5, 0.6) is 5.88 Å². The minimum atomic E-state index is 0.570. The monoisotopic (exact) mass is 225 g/mol. The van der Waals surface area contributed by atoms with Crippen molar-refractivity contribution < 1.29 is 4.74 Å². The largest absolute Gasteiger partial charge is 0.478 e. The summed E-state index contributed by atoms with van der Waals surface area (Å²) < 4.78 is 7.42. The van der Waals surface area contributed by atoms with Gasteiger partial charge in [0.1, 0.15) is 0 Å². The van der Waals surface area contributed by atoms with Crippen molar-refractivity contribution in [3.8, 4) is 5.88 Å². The molecule has 0 aromatic carbocycles. The van der Waals surface area contributed by atoms with E-state index in [1.807, 2.05) is 20.0 Å². The topological polar surface area (TPSA) is 39.1 Å². The minimum absolute atomic E-state index is 0.570. The Labute approximate surface area is 98.0 Å². The van der Waals surface area contributed by atoms with Crippen LogP contribution in [-0.2, 0) is 7.05 Å². The lowest BCUT2D eigenvalue weighted by Crippen LogP contribution is -2.23. The Morgan fingerprint density at radius 3 is 2.75 bits per heavy atom. The van der Waals surface area contributed by atoms with Crippen LogP contribution in [0.1, 0.15) is 32.4 Å². The van der Waals surface area contributed by atoms with Crippen LogP contribution in [0.15, 0.2) is 6.07 Å². The van der Waals surface area contributed by atoms with Gasteiger partial charge in [0, 0.05) is 19.2 Å². The Bertz CT molecular complexity index is 307. The van der Waals surface area contributed by atoms with E-state index in [1.54, 1.807) is 4.68 Å². The summed E-state index contributed by atoms with van der Waals surface area (Å²) in [7, 11) is 1.91. The number of ether oxygens (including phenoxy) is 1. The zero-order valence-corrected chi connectivity index (χ0v) is 10.8. The van der Waals surface area contributed by atoms with Gasteiger partial charge in [-0.05, 0) is 26.3 Å². The lowest BCUT2D eigenvalue weighted by Gasteiger charge is -2.08. The maximum atomic E-state index is 5.64. The molecule has 1 aromatic rings. The summed E-state index contributed by atoms with van der Waals surface area (Å²) in [6.07, 6.45) is 2.22. The van der Waals surface area contributed by atoms with Gasteiger partial charge in [-0.15, -0.1) is 0 Å². The molecule has 92 valence electrons. The lowest BCUT2D eigenvalue weighted by molar-refractivity contribution is 0.280. The molecule has 0 unspecified atom stereocenters. The number of aryl methyl sites for hydroxylation is 2. The first kappa shape index (κ1) is 13.0. The molecule has 1 aromatic heterocycles. The van der Waals surface area contributed by atoms with E-state index in [1.165, 1.54) is 0 Å². The first-order valence-corrected chi connectivity index (χ1v) is 5.96. The second-order valence-corrected chi connectivity index (χ2v) is 4.41. The minimum Gasteiger partial charge on any atom is -0.478 e. The highest BCUT2D eigenvalue weighted by Gasteiger charge is 2.01. The third kappa shape index (κ3) is 4.66. The molecule has 0 fully saturated rings. The second kappa shape index (κ2) is 6.53. The normalized spacial score (nSPS) is 11.1. The predicted octanol–water partition coefficient (Wildman–Crippen LogP) is 1.89. The van der Waals surface area contributed by atoms with Crippen molar-refractivity contribution in [2.24, 2.45) is 7.05 Å². The van der Waals surface area contributed by atoms with E-state index in [9.17, 15) is 0 Å². The van der Waals surface area contributed by atoms with E-state index in [0.29, 0.717) is 6.04 Å². The van der Waals surface area contributed by atoms with Gasteiger partial charge in [-0.25, -0.2) is 4.68 Å². The highest BCUT2D eigenvalue weighted by atomic mass is 16.5. The lowest BCUT2D eigenvalue weighted by atomic mass is 10.3. The molecule has 0 spiro atoms. The van der Waals surface area contributed by atoms with E-state index in [2.05, 4.69) is 24.3 Å². The summed E-state index contributed by atoms with van der Waals surface area (Å²) >= 11 is 0. The van der Waals surface area contributed by atoms with Crippen molar-refractivity contribution in [2.75, 3.05) is 13.2 Å². The van der Waals surface area contributed by atoms with Crippen molar-refractivity contribution in [3.05, 3.63) is 11.8 Å². The maximum Gasteiger partial charge on any atom is 0.211 e. The molecule has 1 N–H and O–H groups in total. The highest BCUT2D eigenvalue weighted by Crippen LogP contribution is 2.11. The molecule has 1 heterocycles. The van der Waals surface area contributed by atoms with Crippen LogP contribution in [0.4, 0.5) is 0 Å². The summed E-state index contributed by atoms with van der Waals surface area (Å²) in [4.78, 5) is 0. The fraction of sp³-hybridized carbons (Fsp3) is 0.750. The van der Waals surface area contributed by atoms with Gasteiger partial charge in [-0.2, -0.15) is 5.10 Å². The summed E-state index contributed by atoms with van der Waals surface area (Å²) in [5, 5.41) is 7.62. The highest BCUT2D eigenvalue weighted by molar-refractivity contribution is 5.14. The third-order valence-corrected chi connectivity index (χ3v) is 2.33. The van der Waals surface area contributed by atoms with E-state index in [0.717, 1.165) is 37.6 Å². The molecule has 0 atom stereocenters. The van der Waals surface area contributed by atoms with Crippen LogP contribution < -0.4 is 10.1 Å². The predicted molar refractivity (Wildman–Crippen MR) is 65.8 cm³/mol. The molecular formula is C12H23N3O. The molecule has 0 aliphatic carbocycles.